The topological polar surface area (TPSA) is 98.2 Å². The zero-order valence-electron chi connectivity index (χ0n) is 10.8. The van der Waals surface area contributed by atoms with Crippen LogP contribution in [0.3, 0.4) is 0 Å². The van der Waals surface area contributed by atoms with E-state index in [4.69, 9.17) is 0 Å². The molecule has 0 aliphatic carbocycles. The molecule has 0 saturated carbocycles. The van der Waals surface area contributed by atoms with Gasteiger partial charge in [-0.25, -0.2) is 9.78 Å². The number of carboxylic acids is 1. The lowest BCUT2D eigenvalue weighted by Gasteiger charge is -2.22. The summed E-state index contributed by atoms with van der Waals surface area (Å²) in [5, 5.41) is 22.4. The fourth-order valence-corrected chi connectivity index (χ4v) is 1.93. The smallest absolute Gasteiger partial charge is 0.339 e. The first kappa shape index (κ1) is 13.4. The Morgan fingerprint density at radius 1 is 1.53 bits per heavy atom. The predicted octanol–water partition coefficient (Wildman–Crippen LogP) is 1.69. The largest absolute Gasteiger partial charge is 0.478 e. The lowest BCUT2D eigenvalue weighted by molar-refractivity contribution is 0.0697. The van der Waals surface area contributed by atoms with Crippen LogP contribution in [0, 0.1) is 5.92 Å². The Morgan fingerprint density at radius 3 is 2.84 bits per heavy atom. The van der Waals surface area contributed by atoms with Gasteiger partial charge in [-0.1, -0.05) is 13.8 Å². The molecule has 0 spiro atoms. The molecule has 1 atom stereocenters. The van der Waals surface area contributed by atoms with E-state index < -0.39 is 5.97 Å². The summed E-state index contributed by atoms with van der Waals surface area (Å²) in [7, 11) is 0. The number of rotatable bonds is 5. The second kappa shape index (κ2) is 5.27. The zero-order chi connectivity index (χ0) is 14.0. The van der Waals surface area contributed by atoms with Gasteiger partial charge in [0.05, 0.1) is 18.3 Å². The Morgan fingerprint density at radius 2 is 2.26 bits per heavy atom. The number of carboxylic acid groups (broad SMARTS) is 1. The van der Waals surface area contributed by atoms with Gasteiger partial charge in [0.15, 0.2) is 0 Å². The third-order valence-electron chi connectivity index (χ3n) is 3.15. The zero-order valence-corrected chi connectivity index (χ0v) is 10.8. The highest BCUT2D eigenvalue weighted by atomic mass is 16.4. The summed E-state index contributed by atoms with van der Waals surface area (Å²) >= 11 is 0. The van der Waals surface area contributed by atoms with Crippen molar-refractivity contribution in [1.29, 1.82) is 0 Å². The second-order valence-corrected chi connectivity index (χ2v) is 4.77. The predicted molar refractivity (Wildman–Crippen MR) is 72.4 cm³/mol. The van der Waals surface area contributed by atoms with E-state index in [1.807, 2.05) is 13.8 Å². The van der Waals surface area contributed by atoms with Crippen molar-refractivity contribution in [3.8, 4) is 0 Å². The first-order chi connectivity index (χ1) is 9.04. The average Bonchev–Trinajstić information content (AvgIpc) is 2.83. The molecule has 6 heteroatoms. The van der Waals surface area contributed by atoms with Crippen molar-refractivity contribution < 1.29 is 15.0 Å². The van der Waals surface area contributed by atoms with Crippen molar-refractivity contribution in [2.45, 2.75) is 19.9 Å². The Hall–Kier alpha value is -2.08. The van der Waals surface area contributed by atoms with E-state index in [0.29, 0.717) is 16.7 Å². The number of fused-ring (bicyclic) bond motifs is 1. The molecule has 19 heavy (non-hydrogen) atoms. The fourth-order valence-electron chi connectivity index (χ4n) is 1.93. The van der Waals surface area contributed by atoms with Gasteiger partial charge in [-0.15, -0.1) is 0 Å². The maximum atomic E-state index is 11.3. The van der Waals surface area contributed by atoms with Gasteiger partial charge >= 0.3 is 5.97 Å². The van der Waals surface area contributed by atoms with E-state index in [-0.39, 0.29) is 24.1 Å². The van der Waals surface area contributed by atoms with E-state index in [0.717, 1.165) is 0 Å². The molecule has 0 fully saturated rings. The number of carbonyl (C=O) groups is 1. The van der Waals surface area contributed by atoms with E-state index >= 15 is 0 Å². The summed E-state index contributed by atoms with van der Waals surface area (Å²) in [5.74, 6) is -0.868. The molecule has 0 bridgehead atoms. The number of aromatic amines is 1. The minimum absolute atomic E-state index is 0.0645. The number of hydrogen-bond acceptors (Lipinski definition) is 4. The Labute approximate surface area is 110 Å². The molecular formula is C13H17N3O3. The first-order valence-corrected chi connectivity index (χ1v) is 6.11. The molecule has 0 aliphatic heterocycles. The van der Waals surface area contributed by atoms with Gasteiger partial charge in [0, 0.05) is 17.8 Å². The molecule has 2 aromatic heterocycles. The molecular weight excluding hydrogens is 246 g/mol. The Bertz CT molecular complexity index is 592. The van der Waals surface area contributed by atoms with Crippen molar-refractivity contribution in [3.63, 3.8) is 0 Å². The van der Waals surface area contributed by atoms with Gasteiger partial charge in [-0.2, -0.15) is 0 Å². The Balaban J connectivity index is 2.51. The van der Waals surface area contributed by atoms with Crippen LogP contribution in [0.4, 0.5) is 5.69 Å². The summed E-state index contributed by atoms with van der Waals surface area (Å²) in [6, 6.07) is 1.56. The molecule has 0 aromatic carbocycles. The summed E-state index contributed by atoms with van der Waals surface area (Å²) < 4.78 is 0. The van der Waals surface area contributed by atoms with Gasteiger partial charge in [-0.3, -0.25) is 0 Å². The normalized spacial score (nSPS) is 12.8. The van der Waals surface area contributed by atoms with Crippen LogP contribution in [0.5, 0.6) is 0 Å². The van der Waals surface area contributed by atoms with Gasteiger partial charge < -0.3 is 20.5 Å². The number of aliphatic hydroxyl groups is 1. The third kappa shape index (κ3) is 2.53. The number of nitrogens with zero attached hydrogens (tertiary/aromatic N) is 1. The summed E-state index contributed by atoms with van der Waals surface area (Å²) in [5.41, 5.74) is 1.21. The number of anilines is 1. The molecule has 2 aromatic rings. The van der Waals surface area contributed by atoms with E-state index in [1.54, 1.807) is 12.3 Å². The highest BCUT2D eigenvalue weighted by molar-refractivity contribution is 6.03. The Kier molecular flexibility index (Phi) is 3.71. The van der Waals surface area contributed by atoms with E-state index in [1.165, 1.54) is 6.20 Å². The van der Waals surface area contributed by atoms with Gasteiger partial charge in [0.1, 0.15) is 11.2 Å². The standard InChI is InChI=1S/C13H17N3O3/c1-7(2)10(6-17)16-11-8-3-4-14-12(8)15-5-9(11)13(18)19/h3-5,7,10,17H,6H2,1-2H3,(H,18,19)(H2,14,15,16)/t10-/m0/s1. The second-order valence-electron chi connectivity index (χ2n) is 4.77. The van der Waals surface area contributed by atoms with E-state index in [9.17, 15) is 15.0 Å². The molecule has 0 radical (unpaired) electrons. The van der Waals surface area contributed by atoms with Crippen molar-refractivity contribution in [2.75, 3.05) is 11.9 Å². The van der Waals surface area contributed by atoms with Crippen molar-refractivity contribution in [1.82, 2.24) is 9.97 Å². The van der Waals surface area contributed by atoms with Crippen LogP contribution < -0.4 is 5.32 Å². The van der Waals surface area contributed by atoms with Gasteiger partial charge in [-0.05, 0) is 12.0 Å². The van der Waals surface area contributed by atoms with Crippen molar-refractivity contribution in [3.05, 3.63) is 24.0 Å². The van der Waals surface area contributed by atoms with Gasteiger partial charge in [0.2, 0.25) is 0 Å². The molecule has 0 amide bonds. The highest BCUT2D eigenvalue weighted by Crippen LogP contribution is 2.27. The number of aromatic nitrogens is 2. The molecule has 2 heterocycles. The maximum absolute atomic E-state index is 11.3. The molecule has 6 nitrogen and oxygen atoms in total. The first-order valence-electron chi connectivity index (χ1n) is 6.11. The number of H-pyrrole nitrogens is 1. The van der Waals surface area contributed by atoms with Crippen LogP contribution in [-0.2, 0) is 0 Å². The maximum Gasteiger partial charge on any atom is 0.339 e. The number of nitrogens with one attached hydrogen (secondary N) is 2. The van der Waals surface area contributed by atoms with Crippen molar-refractivity contribution >= 4 is 22.7 Å². The van der Waals surface area contributed by atoms with Crippen LogP contribution >= 0.6 is 0 Å². The van der Waals surface area contributed by atoms with E-state index in [2.05, 4.69) is 15.3 Å². The quantitative estimate of drug-likeness (QED) is 0.658. The van der Waals surface area contributed by atoms with Crippen LogP contribution in [0.15, 0.2) is 18.5 Å². The van der Waals surface area contributed by atoms with Crippen LogP contribution in [0.1, 0.15) is 24.2 Å². The van der Waals surface area contributed by atoms with Crippen molar-refractivity contribution in [2.24, 2.45) is 5.92 Å². The molecule has 2 rings (SSSR count). The molecule has 0 unspecified atom stereocenters. The summed E-state index contributed by atoms with van der Waals surface area (Å²) in [4.78, 5) is 18.3. The minimum atomic E-state index is -1.04. The average molecular weight is 263 g/mol. The summed E-state index contributed by atoms with van der Waals surface area (Å²) in [6.07, 6.45) is 3.02. The van der Waals surface area contributed by atoms with Crippen LogP contribution in [0.25, 0.3) is 11.0 Å². The molecule has 0 aliphatic rings. The lowest BCUT2D eigenvalue weighted by atomic mass is 10.0. The molecule has 102 valence electrons. The summed E-state index contributed by atoms with van der Waals surface area (Å²) in [6.45, 7) is 3.86. The number of hydrogen-bond donors (Lipinski definition) is 4. The molecule has 0 saturated heterocycles. The number of aliphatic hydroxyl groups excluding tert-OH is 1. The highest BCUT2D eigenvalue weighted by Gasteiger charge is 2.19. The SMILES string of the molecule is CC(C)[C@H](CO)Nc1c(C(=O)O)cnc2[nH]ccc12. The van der Waals surface area contributed by atoms with Gasteiger partial charge in [0.25, 0.3) is 0 Å². The molecule has 4 N–H and O–H groups in total. The fraction of sp³-hybridized carbons (Fsp3) is 0.385. The van der Waals surface area contributed by atoms with Crippen LogP contribution in [-0.4, -0.2) is 38.8 Å². The minimum Gasteiger partial charge on any atom is -0.478 e. The van der Waals surface area contributed by atoms with Crippen LogP contribution in [0.2, 0.25) is 0 Å². The monoisotopic (exact) mass is 263 g/mol. The number of aromatic carboxylic acids is 1. The number of pyridine rings is 1. The third-order valence-corrected chi connectivity index (χ3v) is 3.15. The lowest BCUT2D eigenvalue weighted by Crippen LogP contribution is -2.30.